The van der Waals surface area contributed by atoms with Gasteiger partial charge in [-0.15, -0.1) is 6.58 Å². The number of allylic oxidation sites excluding steroid dienone is 1. The number of carbonyl (C=O) groups is 2. The van der Waals surface area contributed by atoms with Gasteiger partial charge in [-0.25, -0.2) is 0 Å². The molecule has 1 rings (SSSR count). The first-order valence-electron chi connectivity index (χ1n) is 5.91. The molecule has 4 nitrogen and oxygen atoms in total. The molecule has 2 amide bonds. The molecule has 0 spiro atoms. The zero-order chi connectivity index (χ0) is 13.1. The van der Waals surface area contributed by atoms with Crippen LogP contribution in [-0.4, -0.2) is 11.8 Å². The van der Waals surface area contributed by atoms with E-state index in [0.717, 1.165) is 12.8 Å². The molecule has 1 saturated heterocycles. The summed E-state index contributed by atoms with van der Waals surface area (Å²) in [6.45, 7) is 11.2. The lowest BCUT2D eigenvalue weighted by molar-refractivity contribution is -0.149. The molecule has 0 aliphatic carbocycles. The Hall–Kier alpha value is -1.58. The molecule has 17 heavy (non-hydrogen) atoms. The molecule has 1 aliphatic rings. The highest BCUT2D eigenvalue weighted by molar-refractivity contribution is 6.09. The molecular weight excluding hydrogens is 216 g/mol. The predicted octanol–water partition coefficient (Wildman–Crippen LogP) is 1.70. The second-order valence-electron chi connectivity index (χ2n) is 4.54. The Kier molecular flexibility index (Phi) is 4.10. The highest BCUT2D eigenvalue weighted by Gasteiger charge is 2.51. The van der Waals surface area contributed by atoms with Crippen LogP contribution in [0.4, 0.5) is 0 Å². The number of hydrogen-bond donors (Lipinski definition) is 2. The molecule has 0 aromatic carbocycles. The topological polar surface area (TPSA) is 58.2 Å². The zero-order valence-electron chi connectivity index (χ0n) is 10.5. The highest BCUT2D eigenvalue weighted by Crippen LogP contribution is 2.37. The van der Waals surface area contributed by atoms with Crippen LogP contribution in [0.25, 0.3) is 0 Å². The van der Waals surface area contributed by atoms with Gasteiger partial charge in [0.2, 0.25) is 11.8 Å². The lowest BCUT2D eigenvalue weighted by Crippen LogP contribution is -2.60. The van der Waals surface area contributed by atoms with Gasteiger partial charge in [-0.2, -0.15) is 0 Å². The molecule has 2 N–H and O–H groups in total. The summed E-state index contributed by atoms with van der Waals surface area (Å²) in [6.07, 6.45) is 3.72. The summed E-state index contributed by atoms with van der Waals surface area (Å²) < 4.78 is 0. The number of carbonyl (C=O) groups excluding carboxylic acids is 2. The summed E-state index contributed by atoms with van der Waals surface area (Å²) in [6, 6.07) is 0. The molecule has 0 radical (unpaired) electrons. The van der Waals surface area contributed by atoms with Crippen LogP contribution in [0, 0.1) is 11.3 Å². The minimum atomic E-state index is -1.04. The van der Waals surface area contributed by atoms with Gasteiger partial charge in [-0.1, -0.05) is 32.9 Å². The van der Waals surface area contributed by atoms with Crippen molar-refractivity contribution in [1.29, 1.82) is 0 Å². The molecule has 1 unspecified atom stereocenters. The summed E-state index contributed by atoms with van der Waals surface area (Å²) in [7, 11) is 0. The fourth-order valence-corrected chi connectivity index (χ4v) is 2.37. The molecule has 1 heterocycles. The highest BCUT2D eigenvalue weighted by atomic mass is 16.2. The molecular formula is C13H20N2O2. The smallest absolute Gasteiger partial charge is 0.241 e. The van der Waals surface area contributed by atoms with Crippen molar-refractivity contribution >= 4 is 11.8 Å². The fraction of sp³-hybridized carbons (Fsp3) is 0.538. The van der Waals surface area contributed by atoms with E-state index in [1.54, 1.807) is 6.08 Å². The summed E-state index contributed by atoms with van der Waals surface area (Å²) in [5, 5.41) is 5.22. The first-order chi connectivity index (χ1) is 7.98. The molecule has 94 valence electrons. The van der Waals surface area contributed by atoms with Crippen LogP contribution in [0.1, 0.15) is 33.1 Å². The monoisotopic (exact) mass is 236 g/mol. The number of amides is 2. The average molecular weight is 236 g/mol. The van der Waals surface area contributed by atoms with E-state index in [1.807, 2.05) is 13.8 Å². The van der Waals surface area contributed by atoms with Crippen LogP contribution in [0.5, 0.6) is 0 Å². The third-order valence-electron chi connectivity index (χ3n) is 3.37. The fourth-order valence-electron chi connectivity index (χ4n) is 2.37. The maximum Gasteiger partial charge on any atom is 0.241 e. The van der Waals surface area contributed by atoms with Crippen molar-refractivity contribution in [1.82, 2.24) is 10.6 Å². The quantitative estimate of drug-likeness (QED) is 0.564. The number of nitrogens with one attached hydrogen (secondary N) is 2. The van der Waals surface area contributed by atoms with Gasteiger partial charge in [0.25, 0.3) is 0 Å². The second kappa shape index (κ2) is 5.17. The summed E-state index contributed by atoms with van der Waals surface area (Å²) in [5.41, 5.74) is -1.04. The predicted molar refractivity (Wildman–Crippen MR) is 66.7 cm³/mol. The number of hydrogen-bond acceptors (Lipinski definition) is 2. The molecule has 0 aromatic heterocycles. The van der Waals surface area contributed by atoms with Gasteiger partial charge in [0.15, 0.2) is 0 Å². The van der Waals surface area contributed by atoms with Crippen LogP contribution in [0.15, 0.2) is 25.1 Å². The van der Waals surface area contributed by atoms with Crippen LogP contribution < -0.4 is 10.6 Å². The third-order valence-corrected chi connectivity index (χ3v) is 3.37. The Morgan fingerprint density at radius 1 is 1.35 bits per heavy atom. The maximum absolute atomic E-state index is 12.2. The Labute approximate surface area is 102 Å². The normalized spacial score (nSPS) is 20.5. The van der Waals surface area contributed by atoms with Gasteiger partial charge in [-0.05, 0) is 18.8 Å². The van der Waals surface area contributed by atoms with Crippen molar-refractivity contribution in [3.63, 3.8) is 0 Å². The van der Waals surface area contributed by atoms with Crippen molar-refractivity contribution < 1.29 is 9.59 Å². The second-order valence-corrected chi connectivity index (χ2v) is 4.54. The molecule has 0 saturated carbocycles. The Morgan fingerprint density at radius 3 is 2.29 bits per heavy atom. The van der Waals surface area contributed by atoms with Gasteiger partial charge < -0.3 is 10.6 Å². The van der Waals surface area contributed by atoms with E-state index in [1.165, 1.54) is 0 Å². The van der Waals surface area contributed by atoms with E-state index < -0.39 is 5.41 Å². The first-order valence-corrected chi connectivity index (χ1v) is 5.91. The minimum Gasteiger partial charge on any atom is -0.312 e. The van der Waals surface area contributed by atoms with Gasteiger partial charge in [0, 0.05) is 0 Å². The number of rotatable bonds is 5. The largest absolute Gasteiger partial charge is 0.312 e. The zero-order valence-corrected chi connectivity index (χ0v) is 10.5. The van der Waals surface area contributed by atoms with Crippen LogP contribution in [0.3, 0.4) is 0 Å². The van der Waals surface area contributed by atoms with Gasteiger partial charge in [-0.3, -0.25) is 9.59 Å². The molecule has 1 fully saturated rings. The Morgan fingerprint density at radius 2 is 1.88 bits per heavy atom. The Balaban J connectivity index is 3.11. The van der Waals surface area contributed by atoms with Crippen molar-refractivity contribution in [2.24, 2.45) is 11.3 Å². The summed E-state index contributed by atoms with van der Waals surface area (Å²) in [4.78, 5) is 24.3. The summed E-state index contributed by atoms with van der Waals surface area (Å²) in [5.74, 6) is -0.318. The molecule has 0 aromatic rings. The lowest BCUT2D eigenvalue weighted by atomic mass is 9.69. The maximum atomic E-state index is 12.2. The van der Waals surface area contributed by atoms with Gasteiger partial charge in [0.05, 0.1) is 0 Å². The van der Waals surface area contributed by atoms with Gasteiger partial charge >= 0.3 is 0 Å². The van der Waals surface area contributed by atoms with Crippen molar-refractivity contribution in [3.8, 4) is 0 Å². The third kappa shape index (κ3) is 2.25. The lowest BCUT2D eigenvalue weighted by Gasteiger charge is -2.39. The van der Waals surface area contributed by atoms with E-state index in [9.17, 15) is 9.59 Å². The van der Waals surface area contributed by atoms with E-state index in [2.05, 4.69) is 23.8 Å². The molecule has 1 atom stereocenters. The average Bonchev–Trinajstić information content (AvgIpc) is 2.23. The van der Waals surface area contributed by atoms with Crippen molar-refractivity contribution in [2.45, 2.75) is 33.1 Å². The first kappa shape index (κ1) is 13.5. The standard InChI is InChI=1S/C13H20N2O2/c1-5-7-9(3)13(8-6-2)11(16)14-10(4)15-12(13)17/h6,9H,2,4-5,7-8H2,1,3H3,(H,14,16)(H,15,17). The SMILES string of the molecule is C=CCC1(C(C)CCC)C(=O)NC(=C)NC1=O. The van der Waals surface area contributed by atoms with E-state index in [4.69, 9.17) is 0 Å². The van der Waals surface area contributed by atoms with E-state index >= 15 is 0 Å². The van der Waals surface area contributed by atoms with Crippen LogP contribution >= 0.6 is 0 Å². The van der Waals surface area contributed by atoms with Crippen LogP contribution in [0.2, 0.25) is 0 Å². The molecule has 0 bridgehead atoms. The van der Waals surface area contributed by atoms with Gasteiger partial charge in [0.1, 0.15) is 11.2 Å². The minimum absolute atomic E-state index is 0.0291. The Bertz CT molecular complexity index is 340. The van der Waals surface area contributed by atoms with Crippen molar-refractivity contribution in [2.75, 3.05) is 0 Å². The summed E-state index contributed by atoms with van der Waals surface area (Å²) >= 11 is 0. The van der Waals surface area contributed by atoms with Crippen LogP contribution in [-0.2, 0) is 9.59 Å². The molecule has 1 aliphatic heterocycles. The van der Waals surface area contributed by atoms with E-state index in [0.29, 0.717) is 6.42 Å². The van der Waals surface area contributed by atoms with E-state index in [-0.39, 0.29) is 23.6 Å². The van der Waals surface area contributed by atoms with Crippen molar-refractivity contribution in [3.05, 3.63) is 25.1 Å². The molecule has 4 heteroatoms.